The van der Waals surface area contributed by atoms with Gasteiger partial charge in [0.2, 0.25) is 5.91 Å². The van der Waals surface area contributed by atoms with Crippen LogP contribution < -0.4 is 15.0 Å². The highest BCUT2D eigenvalue weighted by molar-refractivity contribution is 7.84. The Morgan fingerprint density at radius 2 is 1.92 bits per heavy atom. The van der Waals surface area contributed by atoms with Gasteiger partial charge in [-0.25, -0.2) is 9.78 Å². The van der Waals surface area contributed by atoms with E-state index in [0.717, 1.165) is 35.4 Å². The molecule has 2 fully saturated rings. The number of carbonyl (C=O) groups is 2. The lowest BCUT2D eigenvalue weighted by molar-refractivity contribution is -0.117. The number of H-pyrrole nitrogens is 1. The molecule has 3 heterocycles. The Labute approximate surface area is 229 Å². The van der Waals surface area contributed by atoms with Crippen molar-refractivity contribution >= 4 is 45.2 Å². The smallest absolute Gasteiger partial charge is 0.409 e. The number of hydrogen-bond donors (Lipinski definition) is 2. The van der Waals surface area contributed by atoms with E-state index in [0.29, 0.717) is 60.4 Å². The first-order valence-corrected chi connectivity index (χ1v) is 14.5. The van der Waals surface area contributed by atoms with Crippen LogP contribution in [0.1, 0.15) is 36.6 Å². The first-order valence-electron chi connectivity index (χ1n) is 13.2. The number of nitrogens with one attached hydrogen (secondary N) is 2. The molecule has 2 N–H and O–H groups in total. The maximum Gasteiger partial charge on any atom is 0.409 e. The van der Waals surface area contributed by atoms with Crippen LogP contribution in [-0.2, 0) is 26.1 Å². The van der Waals surface area contributed by atoms with Crippen molar-refractivity contribution in [1.29, 1.82) is 0 Å². The van der Waals surface area contributed by atoms with Crippen LogP contribution in [0.15, 0.2) is 23.5 Å². The summed E-state index contributed by atoms with van der Waals surface area (Å²) in [7, 11) is 0.138. The number of imidazole rings is 1. The Bertz CT molecular complexity index is 1430. The molecule has 208 valence electrons. The number of methoxy groups -OCH3 is 1. The van der Waals surface area contributed by atoms with Gasteiger partial charge >= 0.3 is 6.09 Å². The number of aromatic amines is 1. The van der Waals surface area contributed by atoms with E-state index in [1.54, 1.807) is 25.1 Å². The van der Waals surface area contributed by atoms with E-state index < -0.39 is 10.8 Å². The van der Waals surface area contributed by atoms with Crippen molar-refractivity contribution in [3.05, 3.63) is 35.2 Å². The normalized spacial score (nSPS) is 16.3. The fourth-order valence-electron chi connectivity index (χ4n) is 4.83. The van der Waals surface area contributed by atoms with Crippen molar-refractivity contribution in [2.75, 3.05) is 50.1 Å². The number of hydrogen-bond acceptors (Lipinski definition) is 8. The molecule has 11 nitrogen and oxygen atoms in total. The molecule has 0 radical (unpaired) electrons. The Balaban J connectivity index is 1.41. The average molecular weight is 555 g/mol. The second-order valence-corrected chi connectivity index (χ2v) is 11.3. The molecule has 5 rings (SSSR count). The predicted molar refractivity (Wildman–Crippen MR) is 149 cm³/mol. The molecule has 1 unspecified atom stereocenters. The number of ether oxygens (including phenoxy) is 2. The van der Waals surface area contributed by atoms with Gasteiger partial charge in [0.05, 0.1) is 58.4 Å². The van der Waals surface area contributed by atoms with Gasteiger partial charge in [-0.05, 0) is 45.7 Å². The Kier molecular flexibility index (Phi) is 7.74. The number of amides is 2. The molecule has 2 aromatic heterocycles. The van der Waals surface area contributed by atoms with Crippen LogP contribution in [0.25, 0.3) is 11.0 Å². The van der Waals surface area contributed by atoms with Gasteiger partial charge in [0.15, 0.2) is 5.16 Å². The van der Waals surface area contributed by atoms with Crippen molar-refractivity contribution in [3.63, 3.8) is 0 Å². The predicted octanol–water partition coefficient (Wildman–Crippen LogP) is 3.52. The topological polar surface area (TPSA) is 130 Å². The Morgan fingerprint density at radius 1 is 1.18 bits per heavy atom. The summed E-state index contributed by atoms with van der Waals surface area (Å²) in [6.07, 6.45) is 3.20. The highest BCUT2D eigenvalue weighted by Gasteiger charge is 2.31. The summed E-state index contributed by atoms with van der Waals surface area (Å²) in [5.74, 6) is 0.974. The third-order valence-electron chi connectivity index (χ3n) is 7.16. The van der Waals surface area contributed by atoms with Crippen LogP contribution in [0.4, 0.5) is 16.2 Å². The van der Waals surface area contributed by atoms with E-state index in [4.69, 9.17) is 9.47 Å². The van der Waals surface area contributed by atoms with Crippen molar-refractivity contribution < 1.29 is 23.3 Å². The highest BCUT2D eigenvalue weighted by atomic mass is 32.2. The number of piperazine rings is 1. The van der Waals surface area contributed by atoms with Gasteiger partial charge in [0.1, 0.15) is 5.75 Å². The fraction of sp³-hybridized carbons (Fsp3) is 0.481. The summed E-state index contributed by atoms with van der Waals surface area (Å²) in [6, 6.07) is 3.77. The molecular formula is C27H34N6O5S. The third-order valence-corrected chi connectivity index (χ3v) is 8.32. The van der Waals surface area contributed by atoms with Gasteiger partial charge in [-0.1, -0.05) is 0 Å². The first-order chi connectivity index (χ1) is 18.8. The van der Waals surface area contributed by atoms with Gasteiger partial charge in [-0.2, -0.15) is 0 Å². The van der Waals surface area contributed by atoms with Crippen LogP contribution >= 0.6 is 0 Å². The number of benzene rings is 1. The molecule has 39 heavy (non-hydrogen) atoms. The minimum absolute atomic E-state index is 0.000979. The number of nitrogens with zero attached hydrogens (tertiary/aromatic N) is 4. The molecule has 12 heteroatoms. The zero-order valence-electron chi connectivity index (χ0n) is 22.7. The molecule has 3 aromatic rings. The van der Waals surface area contributed by atoms with Crippen molar-refractivity contribution in [1.82, 2.24) is 19.9 Å². The van der Waals surface area contributed by atoms with Crippen LogP contribution in [0, 0.1) is 19.8 Å². The lowest BCUT2D eigenvalue weighted by atomic mass is 10.1. The Morgan fingerprint density at radius 3 is 2.59 bits per heavy atom. The molecule has 2 aliphatic rings. The molecule has 1 aliphatic heterocycles. The minimum atomic E-state index is -1.48. The van der Waals surface area contributed by atoms with Crippen molar-refractivity contribution in [2.45, 2.75) is 44.5 Å². The molecule has 0 bridgehead atoms. The van der Waals surface area contributed by atoms with Crippen LogP contribution in [0.3, 0.4) is 0 Å². The standard InChI is InChI=1S/C27H34N6O5S/c1-5-38-27(35)33-10-8-32(9-11-33)23-13-20-19(12-21(23)29-25(34)18-6-7-18)30-26(31-20)39(36)15-22-17(3)24(37-4)16(2)14-28-22/h12-14,18H,5-11,15H2,1-4H3,(H,29,34)(H,30,31). The molecular weight excluding hydrogens is 520 g/mol. The van der Waals surface area contributed by atoms with Crippen molar-refractivity contribution in [2.24, 2.45) is 5.92 Å². The maximum absolute atomic E-state index is 13.3. The summed E-state index contributed by atoms with van der Waals surface area (Å²) in [6.45, 7) is 8.14. The number of aromatic nitrogens is 3. The fourth-order valence-corrected chi connectivity index (χ4v) is 5.93. The SMILES string of the molecule is CCOC(=O)N1CCN(c2cc3nc(S(=O)Cc4ncc(C)c(OC)c4C)[nH]c3cc2NC(=O)C2CC2)CC1. The monoisotopic (exact) mass is 554 g/mol. The zero-order chi connectivity index (χ0) is 27.7. The van der Waals surface area contributed by atoms with Crippen LogP contribution in [0.2, 0.25) is 0 Å². The zero-order valence-corrected chi connectivity index (χ0v) is 23.5. The van der Waals surface area contributed by atoms with Gasteiger partial charge in [0, 0.05) is 49.4 Å². The number of aryl methyl sites for hydroxylation is 1. The number of fused-ring (bicyclic) bond motifs is 1. The van der Waals surface area contributed by atoms with E-state index in [1.165, 1.54) is 0 Å². The molecule has 2 amide bonds. The van der Waals surface area contributed by atoms with Crippen LogP contribution in [0.5, 0.6) is 5.75 Å². The average Bonchev–Trinajstić information content (AvgIpc) is 3.70. The number of carbonyl (C=O) groups excluding carboxylic acids is 2. The lowest BCUT2D eigenvalue weighted by Gasteiger charge is -2.36. The number of rotatable bonds is 8. The van der Waals surface area contributed by atoms with E-state index in [2.05, 4.69) is 25.2 Å². The van der Waals surface area contributed by atoms with Gasteiger partial charge in [-0.15, -0.1) is 0 Å². The molecule has 1 aliphatic carbocycles. The second kappa shape index (κ2) is 11.2. The maximum atomic E-state index is 13.3. The highest BCUT2D eigenvalue weighted by Crippen LogP contribution is 2.35. The molecule has 0 spiro atoms. The minimum Gasteiger partial charge on any atom is -0.496 e. The summed E-state index contributed by atoms with van der Waals surface area (Å²) < 4.78 is 24.0. The van der Waals surface area contributed by atoms with Gasteiger partial charge < -0.3 is 29.6 Å². The molecule has 1 saturated carbocycles. The summed E-state index contributed by atoms with van der Waals surface area (Å²) in [5.41, 5.74) is 5.30. The molecule has 1 aromatic carbocycles. The van der Waals surface area contributed by atoms with E-state index in [-0.39, 0.29) is 23.7 Å². The summed E-state index contributed by atoms with van der Waals surface area (Å²) >= 11 is 0. The number of anilines is 2. The quantitative estimate of drug-likeness (QED) is 0.433. The van der Waals surface area contributed by atoms with E-state index in [9.17, 15) is 13.8 Å². The Hall–Kier alpha value is -3.67. The summed E-state index contributed by atoms with van der Waals surface area (Å²) in [5, 5.41) is 3.43. The summed E-state index contributed by atoms with van der Waals surface area (Å²) in [4.78, 5) is 41.0. The number of pyridine rings is 1. The molecule has 1 saturated heterocycles. The van der Waals surface area contributed by atoms with Gasteiger partial charge in [0.25, 0.3) is 0 Å². The molecule has 1 atom stereocenters. The van der Waals surface area contributed by atoms with E-state index in [1.807, 2.05) is 26.0 Å². The van der Waals surface area contributed by atoms with E-state index >= 15 is 0 Å². The first kappa shape index (κ1) is 26.9. The lowest BCUT2D eigenvalue weighted by Crippen LogP contribution is -2.49. The van der Waals surface area contributed by atoms with Gasteiger partial charge in [-0.3, -0.25) is 14.0 Å². The van der Waals surface area contributed by atoms with Crippen LogP contribution in [-0.4, -0.2) is 76.0 Å². The second-order valence-electron chi connectivity index (χ2n) is 9.90. The van der Waals surface area contributed by atoms with Crippen molar-refractivity contribution in [3.8, 4) is 5.75 Å². The third kappa shape index (κ3) is 5.70. The largest absolute Gasteiger partial charge is 0.496 e.